The molecule has 2 aliphatic heterocycles. The Bertz CT molecular complexity index is 1180. The topological polar surface area (TPSA) is 108 Å². The minimum atomic E-state index is -0.993. The van der Waals surface area contributed by atoms with E-state index in [1.807, 2.05) is 12.1 Å². The molecule has 2 fully saturated rings. The molecule has 0 unspecified atom stereocenters. The van der Waals surface area contributed by atoms with Gasteiger partial charge in [-0.15, -0.1) is 15.3 Å². The molecular formula is C22H24F2N8O2S. The van der Waals surface area contributed by atoms with Gasteiger partial charge in [0, 0.05) is 32.4 Å². The summed E-state index contributed by atoms with van der Waals surface area (Å²) in [5.74, 6) is -0.106. The number of benzene rings is 1. The Hall–Kier alpha value is -3.45. The lowest BCUT2D eigenvalue weighted by atomic mass is 10.0. The van der Waals surface area contributed by atoms with Crippen LogP contribution in [0.25, 0.3) is 0 Å². The van der Waals surface area contributed by atoms with Gasteiger partial charge in [-0.25, -0.2) is 8.78 Å². The van der Waals surface area contributed by atoms with Gasteiger partial charge >= 0.3 is 0 Å². The number of alkyl halides is 1. The number of aromatic nitrogens is 4. The van der Waals surface area contributed by atoms with Gasteiger partial charge in [-0.2, -0.15) is 5.10 Å². The Balaban J connectivity index is 1.20. The molecule has 2 aliphatic rings. The number of anilines is 4. The normalized spacial score (nSPS) is 18.9. The first-order valence-corrected chi connectivity index (χ1v) is 12.0. The summed E-state index contributed by atoms with van der Waals surface area (Å²) in [7, 11) is 1.39. The maximum absolute atomic E-state index is 14.2. The zero-order valence-electron chi connectivity index (χ0n) is 18.9. The maximum Gasteiger partial charge on any atom is 0.259 e. The van der Waals surface area contributed by atoms with E-state index in [9.17, 15) is 13.6 Å². The highest BCUT2D eigenvalue weighted by Crippen LogP contribution is 2.31. The molecule has 0 spiro atoms. The number of nitrogens with zero attached hydrogens (tertiary/aromatic N) is 6. The third-order valence-electron chi connectivity index (χ3n) is 5.98. The second-order valence-electron chi connectivity index (χ2n) is 8.39. The average molecular weight is 503 g/mol. The highest BCUT2D eigenvalue weighted by Gasteiger charge is 2.30. The number of nitrogens with one attached hydrogen (secondary N) is 2. The predicted octanol–water partition coefficient (Wildman–Crippen LogP) is 2.64. The number of rotatable bonds is 8. The summed E-state index contributed by atoms with van der Waals surface area (Å²) in [5, 5.41) is 23.2. The van der Waals surface area contributed by atoms with Gasteiger partial charge in [0.2, 0.25) is 10.3 Å². The molecule has 13 heteroatoms. The van der Waals surface area contributed by atoms with Crippen LogP contribution < -0.4 is 20.4 Å². The molecule has 2 N–H and O–H groups in total. The zero-order chi connectivity index (χ0) is 24.4. The lowest BCUT2D eigenvalue weighted by molar-refractivity contribution is -0.126. The van der Waals surface area contributed by atoms with Crippen molar-refractivity contribution in [1.29, 1.82) is 0 Å². The van der Waals surface area contributed by atoms with Gasteiger partial charge < -0.3 is 19.9 Å². The Morgan fingerprint density at radius 2 is 2.00 bits per heavy atom. The van der Waals surface area contributed by atoms with Gasteiger partial charge in [-0.3, -0.25) is 10.1 Å². The van der Waals surface area contributed by atoms with Crippen LogP contribution in [0.15, 0.2) is 36.5 Å². The van der Waals surface area contributed by atoms with Crippen molar-refractivity contribution in [3.63, 3.8) is 0 Å². The van der Waals surface area contributed by atoms with E-state index in [0.29, 0.717) is 15.8 Å². The maximum atomic E-state index is 14.2. The van der Waals surface area contributed by atoms with Crippen LogP contribution in [0, 0.1) is 5.82 Å². The lowest BCUT2D eigenvalue weighted by Gasteiger charge is -2.36. The number of carbonyl (C=O) groups excluding carboxylic acids is 1. The van der Waals surface area contributed by atoms with Gasteiger partial charge in [0.1, 0.15) is 12.0 Å². The minimum Gasteiger partial charge on any atom is -0.367 e. The fraction of sp³-hybridized carbons (Fsp3) is 0.409. The molecule has 0 radical (unpaired) electrons. The number of methoxy groups -OCH3 is 1. The summed E-state index contributed by atoms with van der Waals surface area (Å²) in [6.07, 6.45) is 0.575. The van der Waals surface area contributed by atoms with Gasteiger partial charge in [-0.1, -0.05) is 17.4 Å². The van der Waals surface area contributed by atoms with Crippen LogP contribution in [0.5, 0.6) is 0 Å². The van der Waals surface area contributed by atoms with Crippen LogP contribution in [0.4, 0.5) is 30.5 Å². The van der Waals surface area contributed by atoms with E-state index in [4.69, 9.17) is 4.74 Å². The highest BCUT2D eigenvalue weighted by molar-refractivity contribution is 7.19. The van der Waals surface area contributed by atoms with Crippen LogP contribution in [0.1, 0.15) is 18.1 Å². The van der Waals surface area contributed by atoms with E-state index < -0.39 is 24.0 Å². The summed E-state index contributed by atoms with van der Waals surface area (Å²) >= 11 is 1.21. The SMILES string of the molecule is CO[C@H](C(=O)Nc1nnc(N[C@@H]2CCN(c3cccnn3)C2)s1)c1ccc(F)c(N2CC(F)C2)c1. The van der Waals surface area contributed by atoms with E-state index in [1.54, 1.807) is 11.1 Å². The largest absolute Gasteiger partial charge is 0.367 e. The van der Waals surface area contributed by atoms with Crippen LogP contribution >= 0.6 is 11.3 Å². The molecule has 2 aromatic heterocycles. The van der Waals surface area contributed by atoms with E-state index in [2.05, 4.69) is 35.9 Å². The number of halogens is 2. The lowest BCUT2D eigenvalue weighted by Crippen LogP contribution is -2.48. The third-order valence-corrected chi connectivity index (χ3v) is 6.75. The zero-order valence-corrected chi connectivity index (χ0v) is 19.7. The average Bonchev–Trinajstić information content (AvgIpc) is 3.49. The van der Waals surface area contributed by atoms with Crippen molar-refractivity contribution < 1.29 is 18.3 Å². The van der Waals surface area contributed by atoms with Crippen molar-refractivity contribution in [1.82, 2.24) is 20.4 Å². The summed E-state index contributed by atoms with van der Waals surface area (Å²) in [4.78, 5) is 16.6. The standard InChI is InChI=1S/C22H24F2N8O2S/c1-34-19(13-4-5-16(24)17(9-13)32-10-14(23)11-32)20(33)27-22-30-29-21(35-22)26-15-6-8-31(12-15)18-3-2-7-25-28-18/h2-5,7,9,14-15,19H,6,8,10-12H2,1H3,(H,26,29)(H,27,30,33)/t15-,19+/m1/s1. The molecule has 3 aromatic rings. The van der Waals surface area contributed by atoms with E-state index in [0.717, 1.165) is 25.3 Å². The molecule has 0 aliphatic carbocycles. The first-order chi connectivity index (χ1) is 17.0. The number of amides is 1. The molecule has 35 heavy (non-hydrogen) atoms. The molecule has 2 atom stereocenters. The first-order valence-electron chi connectivity index (χ1n) is 11.1. The fourth-order valence-corrected chi connectivity index (χ4v) is 4.90. The fourth-order valence-electron chi connectivity index (χ4n) is 4.18. The van der Waals surface area contributed by atoms with Crippen molar-refractivity contribution >= 4 is 39.0 Å². The number of hydrogen-bond donors (Lipinski definition) is 2. The molecule has 1 aromatic carbocycles. The Kier molecular flexibility index (Phi) is 6.68. The van der Waals surface area contributed by atoms with Crippen LogP contribution in [-0.2, 0) is 9.53 Å². The van der Waals surface area contributed by atoms with Gasteiger partial charge in [-0.05, 0) is 36.2 Å². The van der Waals surface area contributed by atoms with Crippen LogP contribution in [-0.4, -0.2) is 71.8 Å². The van der Waals surface area contributed by atoms with E-state index >= 15 is 0 Å². The molecule has 0 bridgehead atoms. The van der Waals surface area contributed by atoms with Crippen molar-refractivity contribution in [3.05, 3.63) is 47.9 Å². The minimum absolute atomic E-state index is 0.127. The summed E-state index contributed by atoms with van der Waals surface area (Å²) < 4.78 is 32.8. The Morgan fingerprint density at radius 1 is 1.17 bits per heavy atom. The van der Waals surface area contributed by atoms with Crippen molar-refractivity contribution in [2.24, 2.45) is 0 Å². The molecule has 184 valence electrons. The molecule has 0 saturated carbocycles. The second kappa shape index (κ2) is 10.0. The van der Waals surface area contributed by atoms with Crippen molar-refractivity contribution in [2.75, 3.05) is 53.7 Å². The van der Waals surface area contributed by atoms with Crippen molar-refractivity contribution in [2.45, 2.75) is 24.7 Å². The van der Waals surface area contributed by atoms with E-state index in [1.165, 1.54) is 36.6 Å². The first kappa shape index (κ1) is 23.3. The number of ether oxygens (including phenoxy) is 1. The summed E-state index contributed by atoms with van der Waals surface area (Å²) in [5.41, 5.74) is 0.711. The summed E-state index contributed by atoms with van der Waals surface area (Å²) in [6.45, 7) is 1.85. The molecular weight excluding hydrogens is 478 g/mol. The Labute approximate surface area is 204 Å². The van der Waals surface area contributed by atoms with Crippen LogP contribution in [0.3, 0.4) is 0 Å². The Morgan fingerprint density at radius 3 is 2.74 bits per heavy atom. The van der Waals surface area contributed by atoms with Gasteiger partial charge in [0.25, 0.3) is 5.91 Å². The molecule has 10 nitrogen and oxygen atoms in total. The number of hydrogen-bond acceptors (Lipinski definition) is 10. The third kappa shape index (κ3) is 5.15. The number of carbonyl (C=O) groups is 1. The van der Waals surface area contributed by atoms with Gasteiger partial charge in [0.05, 0.1) is 18.8 Å². The van der Waals surface area contributed by atoms with Crippen molar-refractivity contribution in [3.8, 4) is 0 Å². The highest BCUT2D eigenvalue weighted by atomic mass is 32.1. The summed E-state index contributed by atoms with van der Waals surface area (Å²) in [6, 6.07) is 8.19. The molecule has 5 rings (SSSR count). The van der Waals surface area contributed by atoms with E-state index in [-0.39, 0.29) is 24.8 Å². The monoisotopic (exact) mass is 502 g/mol. The quantitative estimate of drug-likeness (QED) is 0.481. The molecule has 4 heterocycles. The predicted molar refractivity (Wildman–Crippen MR) is 128 cm³/mol. The molecule has 1 amide bonds. The van der Waals surface area contributed by atoms with Crippen LogP contribution in [0.2, 0.25) is 0 Å². The smallest absolute Gasteiger partial charge is 0.259 e. The second-order valence-corrected chi connectivity index (χ2v) is 9.37. The molecule has 2 saturated heterocycles. The van der Waals surface area contributed by atoms with Gasteiger partial charge in [0.15, 0.2) is 11.9 Å².